The van der Waals surface area contributed by atoms with E-state index in [1.807, 2.05) is 4.68 Å². The van der Waals surface area contributed by atoms with E-state index >= 15 is 0 Å². The van der Waals surface area contributed by atoms with E-state index in [9.17, 15) is 0 Å². The zero-order chi connectivity index (χ0) is 16.8. The van der Waals surface area contributed by atoms with Crippen molar-refractivity contribution in [3.05, 3.63) is 11.6 Å². The molecule has 1 aromatic rings. The first-order valence-electron chi connectivity index (χ1n) is 8.36. The van der Waals surface area contributed by atoms with E-state index in [1.54, 1.807) is 14.2 Å². The number of hydrogen-bond acceptors (Lipinski definition) is 6. The fraction of sp³-hybridized carbons (Fsp3) is 0.800. The number of aliphatic imine (C=N–C) groups is 1. The average molecular weight is 338 g/mol. The molecule has 24 heavy (non-hydrogen) atoms. The summed E-state index contributed by atoms with van der Waals surface area (Å²) in [5.41, 5.74) is 0. The summed E-state index contributed by atoms with van der Waals surface area (Å²) in [6.07, 6.45) is 1.96. The summed E-state index contributed by atoms with van der Waals surface area (Å²) in [5, 5.41) is 11.2. The maximum Gasteiger partial charge on any atom is 0.191 e. The summed E-state index contributed by atoms with van der Waals surface area (Å²) in [4.78, 5) is 8.78. The maximum absolute atomic E-state index is 5.63. The molecule has 2 aliphatic rings. The van der Waals surface area contributed by atoms with Gasteiger partial charge in [-0.3, -0.25) is 4.99 Å². The summed E-state index contributed by atoms with van der Waals surface area (Å²) < 4.78 is 18.1. The number of aromatic nitrogens is 3. The summed E-state index contributed by atoms with van der Waals surface area (Å²) in [7, 11) is 3.43. The molecule has 0 spiro atoms. The standard InChI is InChI=1S/C15H26N6O3/c1-16-15(17-7-12-9-23-5-6-24-12)18-11-3-4-14-19-13(10-22-2)20-21(14)8-11/h11-12H,3-10H2,1-2H3,(H2,16,17,18). The van der Waals surface area contributed by atoms with Crippen molar-refractivity contribution in [2.75, 3.05) is 40.5 Å². The Kier molecular flexibility index (Phi) is 6.00. The lowest BCUT2D eigenvalue weighted by Gasteiger charge is -2.27. The third-order valence-corrected chi connectivity index (χ3v) is 4.12. The highest BCUT2D eigenvalue weighted by atomic mass is 16.6. The van der Waals surface area contributed by atoms with Crippen LogP contribution in [0.2, 0.25) is 0 Å². The minimum Gasteiger partial charge on any atom is -0.377 e. The van der Waals surface area contributed by atoms with Crippen molar-refractivity contribution in [2.24, 2.45) is 4.99 Å². The molecule has 2 atom stereocenters. The van der Waals surface area contributed by atoms with E-state index in [-0.39, 0.29) is 12.1 Å². The summed E-state index contributed by atoms with van der Waals surface area (Å²) in [6, 6.07) is 0.268. The first kappa shape index (κ1) is 17.1. The Morgan fingerprint density at radius 2 is 2.38 bits per heavy atom. The Labute approximate surface area is 141 Å². The quantitative estimate of drug-likeness (QED) is 0.542. The SMILES string of the molecule is CN=C(NCC1COCCO1)NC1CCc2nc(COC)nn2C1. The fourth-order valence-corrected chi connectivity index (χ4v) is 2.92. The molecule has 0 saturated carbocycles. The molecule has 0 bridgehead atoms. The van der Waals surface area contributed by atoms with E-state index < -0.39 is 0 Å². The van der Waals surface area contributed by atoms with Gasteiger partial charge in [0, 0.05) is 33.2 Å². The van der Waals surface area contributed by atoms with Crippen LogP contribution in [0.1, 0.15) is 18.1 Å². The molecule has 0 aromatic carbocycles. The lowest BCUT2D eigenvalue weighted by molar-refractivity contribution is -0.0850. The van der Waals surface area contributed by atoms with Crippen LogP contribution in [-0.4, -0.2) is 73.4 Å². The van der Waals surface area contributed by atoms with Gasteiger partial charge < -0.3 is 24.8 Å². The molecular weight excluding hydrogens is 312 g/mol. The number of hydrogen-bond donors (Lipinski definition) is 2. The molecule has 3 rings (SSSR count). The van der Waals surface area contributed by atoms with Gasteiger partial charge in [0.1, 0.15) is 12.4 Å². The predicted octanol–water partition coefficient (Wildman–Crippen LogP) is -0.680. The van der Waals surface area contributed by atoms with Crippen molar-refractivity contribution in [2.45, 2.75) is 38.1 Å². The Morgan fingerprint density at radius 3 is 3.12 bits per heavy atom. The molecule has 3 heterocycles. The molecule has 9 heteroatoms. The highest BCUT2D eigenvalue weighted by molar-refractivity contribution is 5.80. The molecule has 9 nitrogen and oxygen atoms in total. The largest absolute Gasteiger partial charge is 0.377 e. The number of ether oxygens (including phenoxy) is 3. The summed E-state index contributed by atoms with van der Waals surface area (Å²) >= 11 is 0. The topological polar surface area (TPSA) is 94.8 Å². The normalized spacial score (nSPS) is 24.5. The molecule has 0 amide bonds. The van der Waals surface area contributed by atoms with Crippen LogP contribution in [0.15, 0.2) is 4.99 Å². The third-order valence-electron chi connectivity index (χ3n) is 4.12. The fourth-order valence-electron chi connectivity index (χ4n) is 2.92. The second-order valence-electron chi connectivity index (χ2n) is 5.96. The second-order valence-corrected chi connectivity index (χ2v) is 5.96. The van der Waals surface area contributed by atoms with Gasteiger partial charge in [0.2, 0.25) is 0 Å². The second kappa shape index (κ2) is 8.41. The first-order chi connectivity index (χ1) is 11.8. The Hall–Kier alpha value is -1.71. The van der Waals surface area contributed by atoms with Crippen LogP contribution in [0.25, 0.3) is 0 Å². The number of nitrogens with one attached hydrogen (secondary N) is 2. The van der Waals surface area contributed by atoms with Crippen molar-refractivity contribution in [1.82, 2.24) is 25.4 Å². The van der Waals surface area contributed by atoms with E-state index in [0.717, 1.165) is 37.0 Å². The van der Waals surface area contributed by atoms with Crippen LogP contribution in [0.4, 0.5) is 0 Å². The van der Waals surface area contributed by atoms with Crippen LogP contribution < -0.4 is 10.6 Å². The molecule has 0 aliphatic carbocycles. The van der Waals surface area contributed by atoms with Gasteiger partial charge >= 0.3 is 0 Å². The number of guanidine groups is 1. The monoisotopic (exact) mass is 338 g/mol. The summed E-state index contributed by atoms with van der Waals surface area (Å²) in [5.74, 6) is 2.54. The Bertz CT molecular complexity index is 555. The van der Waals surface area contributed by atoms with E-state index in [1.165, 1.54) is 0 Å². The Balaban J connectivity index is 1.49. The minimum atomic E-state index is 0.0715. The molecule has 1 saturated heterocycles. The van der Waals surface area contributed by atoms with Crippen LogP contribution in [0, 0.1) is 0 Å². The first-order valence-corrected chi connectivity index (χ1v) is 8.36. The maximum atomic E-state index is 5.63. The van der Waals surface area contributed by atoms with E-state index in [0.29, 0.717) is 33.0 Å². The molecule has 134 valence electrons. The van der Waals surface area contributed by atoms with Gasteiger partial charge in [-0.1, -0.05) is 0 Å². The molecule has 2 aliphatic heterocycles. The van der Waals surface area contributed by atoms with Crippen molar-refractivity contribution in [3.8, 4) is 0 Å². The molecule has 1 aromatic heterocycles. The lowest BCUT2D eigenvalue weighted by Crippen LogP contribution is -2.49. The average Bonchev–Trinajstić information content (AvgIpc) is 3.01. The number of rotatable bonds is 5. The van der Waals surface area contributed by atoms with Crippen LogP contribution in [-0.2, 0) is 33.8 Å². The van der Waals surface area contributed by atoms with Crippen molar-refractivity contribution in [3.63, 3.8) is 0 Å². The number of methoxy groups -OCH3 is 1. The van der Waals surface area contributed by atoms with Gasteiger partial charge in [-0.2, -0.15) is 5.10 Å². The highest BCUT2D eigenvalue weighted by Gasteiger charge is 2.23. The zero-order valence-electron chi connectivity index (χ0n) is 14.3. The van der Waals surface area contributed by atoms with Gasteiger partial charge in [-0.25, -0.2) is 9.67 Å². The van der Waals surface area contributed by atoms with Gasteiger partial charge in [-0.15, -0.1) is 0 Å². The number of fused-ring (bicyclic) bond motifs is 1. The van der Waals surface area contributed by atoms with Gasteiger partial charge in [0.05, 0.1) is 32.5 Å². The number of nitrogens with zero attached hydrogens (tertiary/aromatic N) is 4. The van der Waals surface area contributed by atoms with Crippen LogP contribution in [0.5, 0.6) is 0 Å². The molecule has 2 unspecified atom stereocenters. The molecular formula is C15H26N6O3. The van der Waals surface area contributed by atoms with Crippen molar-refractivity contribution in [1.29, 1.82) is 0 Å². The third kappa shape index (κ3) is 4.43. The van der Waals surface area contributed by atoms with Gasteiger partial charge in [-0.05, 0) is 6.42 Å². The van der Waals surface area contributed by atoms with Crippen molar-refractivity contribution >= 4 is 5.96 Å². The van der Waals surface area contributed by atoms with Crippen LogP contribution >= 0.6 is 0 Å². The number of aryl methyl sites for hydroxylation is 1. The van der Waals surface area contributed by atoms with Crippen molar-refractivity contribution < 1.29 is 14.2 Å². The lowest BCUT2D eigenvalue weighted by atomic mass is 10.1. The molecule has 1 fully saturated rings. The zero-order valence-corrected chi connectivity index (χ0v) is 14.3. The summed E-state index contributed by atoms with van der Waals surface area (Å²) in [6.45, 7) is 3.86. The van der Waals surface area contributed by atoms with Gasteiger partial charge in [0.15, 0.2) is 11.8 Å². The van der Waals surface area contributed by atoms with E-state index in [4.69, 9.17) is 14.2 Å². The van der Waals surface area contributed by atoms with Crippen LogP contribution in [0.3, 0.4) is 0 Å². The molecule has 0 radical (unpaired) electrons. The van der Waals surface area contributed by atoms with Gasteiger partial charge in [0.25, 0.3) is 0 Å². The molecule has 2 N–H and O–H groups in total. The predicted molar refractivity (Wildman–Crippen MR) is 87.9 cm³/mol. The van der Waals surface area contributed by atoms with E-state index in [2.05, 4.69) is 25.7 Å². The smallest absolute Gasteiger partial charge is 0.191 e. The highest BCUT2D eigenvalue weighted by Crippen LogP contribution is 2.13. The Morgan fingerprint density at radius 1 is 1.46 bits per heavy atom. The minimum absolute atomic E-state index is 0.0715.